The average Bonchev–Trinajstić information content (AvgIpc) is 2.40. The van der Waals surface area contributed by atoms with E-state index in [4.69, 9.17) is 11.6 Å². The predicted molar refractivity (Wildman–Crippen MR) is 70.2 cm³/mol. The smallest absolute Gasteiger partial charge is 0.115 e. The Morgan fingerprint density at radius 1 is 1.22 bits per heavy atom. The lowest BCUT2D eigenvalue weighted by atomic mass is 10.1. The first-order chi connectivity index (χ1) is 8.75. The lowest BCUT2D eigenvalue weighted by molar-refractivity contribution is 0.174. The molecule has 4 nitrogen and oxygen atoms in total. The minimum atomic E-state index is -0.552. The molecule has 0 amide bonds. The Morgan fingerprint density at radius 3 is 2.67 bits per heavy atom. The van der Waals surface area contributed by atoms with E-state index in [0.29, 0.717) is 18.1 Å². The molecular formula is C13H14ClN3O. The van der Waals surface area contributed by atoms with Gasteiger partial charge in [0.25, 0.3) is 0 Å². The Morgan fingerprint density at radius 2 is 2.00 bits per heavy atom. The van der Waals surface area contributed by atoms with E-state index >= 15 is 0 Å². The molecule has 0 bridgehead atoms. The van der Waals surface area contributed by atoms with Crippen LogP contribution in [0.5, 0.6) is 0 Å². The van der Waals surface area contributed by atoms with Gasteiger partial charge in [0.05, 0.1) is 11.8 Å². The first kappa shape index (κ1) is 13.0. The lowest BCUT2D eigenvalue weighted by Crippen LogP contribution is -2.21. The molecule has 0 radical (unpaired) electrons. The number of rotatable bonds is 5. The maximum Gasteiger partial charge on any atom is 0.115 e. The second-order valence-corrected chi connectivity index (χ2v) is 4.34. The molecule has 2 rings (SSSR count). The van der Waals surface area contributed by atoms with Gasteiger partial charge < -0.3 is 10.4 Å². The molecule has 1 heterocycles. The Hall–Kier alpha value is -1.49. The van der Waals surface area contributed by atoms with E-state index in [1.54, 1.807) is 18.3 Å². The Labute approximate surface area is 111 Å². The fourth-order valence-corrected chi connectivity index (χ4v) is 1.69. The van der Waals surface area contributed by atoms with Crippen LogP contribution < -0.4 is 5.32 Å². The number of aliphatic hydroxyl groups is 1. The van der Waals surface area contributed by atoms with Crippen LogP contribution in [0.15, 0.2) is 42.9 Å². The largest absolute Gasteiger partial charge is 0.387 e. The molecule has 1 unspecified atom stereocenters. The van der Waals surface area contributed by atoms with Crippen molar-refractivity contribution in [1.29, 1.82) is 0 Å². The Balaban J connectivity index is 1.81. The average molecular weight is 264 g/mol. The standard InChI is InChI=1S/C13H14ClN3O/c14-11-3-1-10(2-4-11)13(18)8-16-7-12-5-6-15-9-17-12/h1-6,9,13,16,18H,7-8H2. The molecule has 94 valence electrons. The molecule has 0 aliphatic carbocycles. The van der Waals surface area contributed by atoms with Gasteiger partial charge in [-0.1, -0.05) is 23.7 Å². The number of benzene rings is 1. The van der Waals surface area contributed by atoms with Crippen molar-refractivity contribution < 1.29 is 5.11 Å². The minimum Gasteiger partial charge on any atom is -0.387 e. The van der Waals surface area contributed by atoms with E-state index in [2.05, 4.69) is 15.3 Å². The Bertz CT molecular complexity index is 475. The maximum absolute atomic E-state index is 9.95. The first-order valence-corrected chi connectivity index (χ1v) is 6.02. The van der Waals surface area contributed by atoms with Crippen molar-refractivity contribution in [3.8, 4) is 0 Å². The van der Waals surface area contributed by atoms with E-state index in [-0.39, 0.29) is 0 Å². The summed E-state index contributed by atoms with van der Waals surface area (Å²) < 4.78 is 0. The summed E-state index contributed by atoms with van der Waals surface area (Å²) in [5.41, 5.74) is 1.74. The van der Waals surface area contributed by atoms with E-state index in [1.807, 2.05) is 18.2 Å². The molecule has 0 spiro atoms. The van der Waals surface area contributed by atoms with Gasteiger partial charge in [-0.3, -0.25) is 0 Å². The van der Waals surface area contributed by atoms with Gasteiger partial charge in [-0.15, -0.1) is 0 Å². The van der Waals surface area contributed by atoms with Crippen LogP contribution in [0.4, 0.5) is 0 Å². The van der Waals surface area contributed by atoms with Crippen LogP contribution in [0.2, 0.25) is 5.02 Å². The minimum absolute atomic E-state index is 0.464. The number of hydrogen-bond donors (Lipinski definition) is 2. The summed E-state index contributed by atoms with van der Waals surface area (Å²) >= 11 is 5.79. The normalized spacial score (nSPS) is 12.3. The van der Waals surface area contributed by atoms with Crippen molar-refractivity contribution in [3.63, 3.8) is 0 Å². The van der Waals surface area contributed by atoms with Crippen LogP contribution in [-0.2, 0) is 6.54 Å². The molecule has 1 atom stereocenters. The summed E-state index contributed by atoms with van der Waals surface area (Å²) in [5.74, 6) is 0. The van der Waals surface area contributed by atoms with Crippen LogP contribution in [0, 0.1) is 0 Å². The maximum atomic E-state index is 9.95. The molecule has 2 N–H and O–H groups in total. The number of nitrogens with one attached hydrogen (secondary N) is 1. The van der Waals surface area contributed by atoms with Crippen LogP contribution in [0.1, 0.15) is 17.4 Å². The zero-order valence-corrected chi connectivity index (χ0v) is 10.5. The van der Waals surface area contributed by atoms with Gasteiger partial charge in [-0.05, 0) is 23.8 Å². The second kappa shape index (κ2) is 6.44. The third-order valence-corrected chi connectivity index (χ3v) is 2.79. The fourth-order valence-electron chi connectivity index (χ4n) is 1.56. The molecule has 2 aromatic rings. The zero-order valence-electron chi connectivity index (χ0n) is 9.75. The highest BCUT2D eigenvalue weighted by Gasteiger charge is 2.06. The van der Waals surface area contributed by atoms with Gasteiger partial charge in [0.2, 0.25) is 0 Å². The van der Waals surface area contributed by atoms with Crippen molar-refractivity contribution in [1.82, 2.24) is 15.3 Å². The number of hydrogen-bond acceptors (Lipinski definition) is 4. The highest BCUT2D eigenvalue weighted by molar-refractivity contribution is 6.30. The third-order valence-electron chi connectivity index (χ3n) is 2.54. The highest BCUT2D eigenvalue weighted by Crippen LogP contribution is 2.15. The molecule has 1 aromatic carbocycles. The topological polar surface area (TPSA) is 58.0 Å². The van der Waals surface area contributed by atoms with Gasteiger partial charge in [-0.25, -0.2) is 9.97 Å². The monoisotopic (exact) mass is 263 g/mol. The van der Waals surface area contributed by atoms with E-state index < -0.39 is 6.10 Å². The van der Waals surface area contributed by atoms with E-state index in [0.717, 1.165) is 11.3 Å². The van der Waals surface area contributed by atoms with E-state index in [1.165, 1.54) is 6.33 Å². The second-order valence-electron chi connectivity index (χ2n) is 3.90. The van der Waals surface area contributed by atoms with Gasteiger partial charge >= 0.3 is 0 Å². The van der Waals surface area contributed by atoms with Crippen molar-refractivity contribution in [2.45, 2.75) is 12.6 Å². The summed E-state index contributed by atoms with van der Waals surface area (Å²) in [6.07, 6.45) is 2.65. The highest BCUT2D eigenvalue weighted by atomic mass is 35.5. The van der Waals surface area contributed by atoms with Crippen LogP contribution >= 0.6 is 11.6 Å². The van der Waals surface area contributed by atoms with Crippen molar-refractivity contribution in [3.05, 3.63) is 59.1 Å². The molecule has 18 heavy (non-hydrogen) atoms. The molecule has 0 fully saturated rings. The number of halogens is 1. The Kier molecular flexibility index (Phi) is 4.64. The lowest BCUT2D eigenvalue weighted by Gasteiger charge is -2.12. The number of aliphatic hydroxyl groups excluding tert-OH is 1. The summed E-state index contributed by atoms with van der Waals surface area (Å²) in [5, 5.41) is 13.8. The van der Waals surface area contributed by atoms with Crippen molar-refractivity contribution in [2.75, 3.05) is 6.54 Å². The molecular weight excluding hydrogens is 250 g/mol. The van der Waals surface area contributed by atoms with Crippen LogP contribution in [0.3, 0.4) is 0 Å². The van der Waals surface area contributed by atoms with E-state index in [9.17, 15) is 5.11 Å². The van der Waals surface area contributed by atoms with Gasteiger partial charge in [-0.2, -0.15) is 0 Å². The van der Waals surface area contributed by atoms with Crippen LogP contribution in [0.25, 0.3) is 0 Å². The molecule has 0 saturated carbocycles. The number of nitrogens with zero attached hydrogens (tertiary/aromatic N) is 2. The zero-order chi connectivity index (χ0) is 12.8. The molecule has 1 aromatic heterocycles. The SMILES string of the molecule is OC(CNCc1ccncn1)c1ccc(Cl)cc1. The van der Waals surface area contributed by atoms with Crippen LogP contribution in [-0.4, -0.2) is 21.6 Å². The van der Waals surface area contributed by atoms with Crippen molar-refractivity contribution in [2.24, 2.45) is 0 Å². The predicted octanol–water partition coefficient (Wildman–Crippen LogP) is 1.95. The summed E-state index contributed by atoms with van der Waals surface area (Å²) in [6, 6.07) is 9.01. The molecule has 0 aliphatic heterocycles. The molecule has 0 saturated heterocycles. The first-order valence-electron chi connectivity index (χ1n) is 5.65. The third kappa shape index (κ3) is 3.77. The van der Waals surface area contributed by atoms with Gasteiger partial charge in [0, 0.05) is 24.3 Å². The molecule has 0 aliphatic rings. The summed E-state index contributed by atoms with van der Waals surface area (Å²) in [6.45, 7) is 1.07. The van der Waals surface area contributed by atoms with Gasteiger partial charge in [0.15, 0.2) is 0 Å². The fraction of sp³-hybridized carbons (Fsp3) is 0.231. The number of aromatic nitrogens is 2. The van der Waals surface area contributed by atoms with Gasteiger partial charge in [0.1, 0.15) is 6.33 Å². The molecule has 5 heteroatoms. The summed E-state index contributed by atoms with van der Waals surface area (Å²) in [7, 11) is 0. The summed E-state index contributed by atoms with van der Waals surface area (Å²) in [4.78, 5) is 7.93. The quantitative estimate of drug-likeness (QED) is 0.866. The van der Waals surface area contributed by atoms with Crippen molar-refractivity contribution >= 4 is 11.6 Å².